The topological polar surface area (TPSA) is 41.1 Å². The monoisotopic (exact) mass is 372 g/mol. The number of halogens is 2. The van der Waals surface area contributed by atoms with Crippen LogP contribution in [0.3, 0.4) is 0 Å². The van der Waals surface area contributed by atoms with E-state index in [1.807, 2.05) is 30.3 Å². The fraction of sp³-hybridized carbons (Fsp3) is 0.286. The lowest BCUT2D eigenvalue weighted by Gasteiger charge is -2.34. The third-order valence-corrected chi connectivity index (χ3v) is 4.94. The summed E-state index contributed by atoms with van der Waals surface area (Å²) in [6.07, 6.45) is 1.23. The van der Waals surface area contributed by atoms with Crippen molar-refractivity contribution in [3.63, 3.8) is 0 Å². The number of fused-ring (bicyclic) bond motifs is 1. The highest BCUT2D eigenvalue weighted by Crippen LogP contribution is 2.45. The standard InChI is InChI=1S/C21H21FN2O.ClH/c1-21(2)11-17-19(18(25)12-21)20(13-7-3-4-8-14(13)22)24-16-10-6-5-9-15(16)23-17;/h3-10,20,23-24H,11-12H2,1-2H3;1H. The summed E-state index contributed by atoms with van der Waals surface area (Å²) < 4.78 is 14.5. The van der Waals surface area contributed by atoms with E-state index in [4.69, 9.17) is 0 Å². The van der Waals surface area contributed by atoms with E-state index in [-0.39, 0.29) is 29.4 Å². The van der Waals surface area contributed by atoms with Crippen molar-refractivity contribution in [1.29, 1.82) is 0 Å². The highest BCUT2D eigenvalue weighted by Gasteiger charge is 2.39. The van der Waals surface area contributed by atoms with Crippen molar-refractivity contribution in [2.75, 3.05) is 10.6 Å². The van der Waals surface area contributed by atoms with E-state index in [1.165, 1.54) is 6.07 Å². The van der Waals surface area contributed by atoms with Crippen molar-refractivity contribution in [3.05, 3.63) is 71.2 Å². The molecule has 26 heavy (non-hydrogen) atoms. The molecular weight excluding hydrogens is 351 g/mol. The van der Waals surface area contributed by atoms with Crippen molar-refractivity contribution in [1.82, 2.24) is 0 Å². The van der Waals surface area contributed by atoms with E-state index >= 15 is 0 Å². The molecule has 3 nitrogen and oxygen atoms in total. The lowest BCUT2D eigenvalue weighted by atomic mass is 9.73. The first-order valence-electron chi connectivity index (χ1n) is 8.58. The van der Waals surface area contributed by atoms with Crippen molar-refractivity contribution in [3.8, 4) is 0 Å². The number of carbonyl (C=O) groups is 1. The molecule has 2 aromatic carbocycles. The predicted molar refractivity (Wildman–Crippen MR) is 105 cm³/mol. The Labute approximate surface area is 159 Å². The van der Waals surface area contributed by atoms with E-state index in [0.717, 1.165) is 23.5 Å². The molecule has 2 aromatic rings. The third-order valence-electron chi connectivity index (χ3n) is 4.94. The minimum absolute atomic E-state index is 0. The number of Topliss-reactive ketones (excluding diaryl/α,β-unsaturated/α-hetero) is 1. The second kappa shape index (κ2) is 6.76. The van der Waals surface area contributed by atoms with Crippen molar-refractivity contribution >= 4 is 29.6 Å². The van der Waals surface area contributed by atoms with Crippen LogP contribution in [0.2, 0.25) is 0 Å². The Morgan fingerprint density at radius 2 is 1.65 bits per heavy atom. The molecular formula is C21H22ClFN2O. The molecule has 5 heteroatoms. The maximum absolute atomic E-state index is 14.5. The fourth-order valence-electron chi connectivity index (χ4n) is 3.83. The van der Waals surface area contributed by atoms with Gasteiger partial charge in [-0.1, -0.05) is 44.2 Å². The van der Waals surface area contributed by atoms with Crippen LogP contribution in [0.4, 0.5) is 15.8 Å². The van der Waals surface area contributed by atoms with E-state index < -0.39 is 6.04 Å². The highest BCUT2D eigenvalue weighted by molar-refractivity contribution is 6.01. The minimum Gasteiger partial charge on any atom is -0.372 e. The van der Waals surface area contributed by atoms with Crippen LogP contribution < -0.4 is 10.6 Å². The number of ketones is 1. The van der Waals surface area contributed by atoms with Crippen LogP contribution in [0, 0.1) is 11.2 Å². The van der Waals surface area contributed by atoms with Crippen LogP contribution in [0.1, 0.15) is 38.3 Å². The van der Waals surface area contributed by atoms with Gasteiger partial charge >= 0.3 is 0 Å². The molecule has 0 saturated carbocycles. The summed E-state index contributed by atoms with van der Waals surface area (Å²) in [7, 11) is 0. The quantitative estimate of drug-likeness (QED) is 0.697. The van der Waals surface area contributed by atoms with E-state index in [2.05, 4.69) is 24.5 Å². The molecule has 0 aromatic heterocycles. The van der Waals surface area contributed by atoms with E-state index in [1.54, 1.807) is 12.1 Å². The zero-order valence-electron chi connectivity index (χ0n) is 14.8. The smallest absolute Gasteiger partial charge is 0.163 e. The Balaban J connectivity index is 0.00000196. The maximum Gasteiger partial charge on any atom is 0.163 e. The summed E-state index contributed by atoms with van der Waals surface area (Å²) in [6.45, 7) is 4.19. The largest absolute Gasteiger partial charge is 0.372 e. The summed E-state index contributed by atoms with van der Waals surface area (Å²) in [5.74, 6) is -0.226. The van der Waals surface area contributed by atoms with Gasteiger partial charge in [0, 0.05) is 23.3 Å². The number of anilines is 2. The van der Waals surface area contributed by atoms with Gasteiger partial charge in [0.1, 0.15) is 5.82 Å². The number of hydrogen-bond donors (Lipinski definition) is 2. The second-order valence-electron chi connectivity index (χ2n) is 7.60. The number of para-hydroxylation sites is 2. The van der Waals surface area contributed by atoms with Crippen LogP contribution in [0.25, 0.3) is 0 Å². The Bertz CT molecular complexity index is 891. The lowest BCUT2D eigenvalue weighted by Crippen LogP contribution is -2.31. The summed E-state index contributed by atoms with van der Waals surface area (Å²) >= 11 is 0. The zero-order valence-corrected chi connectivity index (χ0v) is 15.6. The number of allylic oxidation sites excluding steroid dienone is 1. The molecule has 0 spiro atoms. The van der Waals surface area contributed by atoms with Gasteiger partial charge in [-0.25, -0.2) is 4.39 Å². The van der Waals surface area contributed by atoms with Gasteiger partial charge < -0.3 is 10.6 Å². The van der Waals surface area contributed by atoms with Gasteiger partial charge in [0.2, 0.25) is 0 Å². The molecule has 1 unspecified atom stereocenters. The van der Waals surface area contributed by atoms with Crippen LogP contribution in [-0.4, -0.2) is 5.78 Å². The maximum atomic E-state index is 14.5. The molecule has 1 atom stereocenters. The number of carbonyl (C=O) groups excluding carboxylic acids is 1. The predicted octanol–water partition coefficient (Wildman–Crippen LogP) is 5.47. The number of rotatable bonds is 1. The first-order valence-corrected chi connectivity index (χ1v) is 8.58. The first kappa shape index (κ1) is 18.5. The van der Waals surface area contributed by atoms with Crippen LogP contribution in [-0.2, 0) is 4.79 Å². The van der Waals surface area contributed by atoms with Crippen LogP contribution >= 0.6 is 12.4 Å². The Morgan fingerprint density at radius 3 is 2.38 bits per heavy atom. The van der Waals surface area contributed by atoms with Crippen LogP contribution in [0.15, 0.2) is 59.8 Å². The molecule has 1 aliphatic carbocycles. The van der Waals surface area contributed by atoms with Gasteiger partial charge in [0.05, 0.1) is 17.4 Å². The van der Waals surface area contributed by atoms with Crippen molar-refractivity contribution in [2.24, 2.45) is 5.41 Å². The molecule has 0 fully saturated rings. The molecule has 0 amide bonds. The Hall–Kier alpha value is -2.33. The van der Waals surface area contributed by atoms with E-state index in [0.29, 0.717) is 17.6 Å². The molecule has 0 radical (unpaired) electrons. The minimum atomic E-state index is -0.490. The van der Waals surface area contributed by atoms with Crippen LogP contribution in [0.5, 0.6) is 0 Å². The highest BCUT2D eigenvalue weighted by atomic mass is 35.5. The van der Waals surface area contributed by atoms with Gasteiger partial charge in [0.25, 0.3) is 0 Å². The Morgan fingerprint density at radius 1 is 1.00 bits per heavy atom. The molecule has 2 N–H and O–H groups in total. The number of hydrogen-bond acceptors (Lipinski definition) is 3. The molecule has 1 heterocycles. The molecule has 2 aliphatic rings. The Kier molecular flexibility index (Phi) is 4.80. The first-order chi connectivity index (χ1) is 11.9. The SMILES string of the molecule is CC1(C)CC(=O)C2=C(C1)Nc1ccccc1NC2c1ccccc1F.Cl. The lowest BCUT2D eigenvalue weighted by molar-refractivity contribution is -0.118. The average Bonchev–Trinajstić information content (AvgIpc) is 2.70. The summed E-state index contributed by atoms with van der Waals surface area (Å²) in [5.41, 5.74) is 3.73. The average molecular weight is 373 g/mol. The summed E-state index contributed by atoms with van der Waals surface area (Å²) in [5, 5.41) is 6.83. The molecule has 0 bridgehead atoms. The molecule has 0 saturated heterocycles. The summed E-state index contributed by atoms with van der Waals surface area (Å²) in [4.78, 5) is 13.0. The second-order valence-corrected chi connectivity index (χ2v) is 7.60. The third kappa shape index (κ3) is 3.21. The van der Waals surface area contributed by atoms with Gasteiger partial charge in [-0.3, -0.25) is 4.79 Å². The molecule has 136 valence electrons. The van der Waals surface area contributed by atoms with Gasteiger partial charge in [-0.15, -0.1) is 12.4 Å². The number of nitrogens with one attached hydrogen (secondary N) is 2. The van der Waals surface area contributed by atoms with Gasteiger partial charge in [0.15, 0.2) is 5.78 Å². The van der Waals surface area contributed by atoms with Crippen molar-refractivity contribution in [2.45, 2.75) is 32.7 Å². The van der Waals surface area contributed by atoms with E-state index in [9.17, 15) is 9.18 Å². The van der Waals surface area contributed by atoms with Crippen molar-refractivity contribution < 1.29 is 9.18 Å². The zero-order chi connectivity index (χ0) is 17.6. The number of benzene rings is 2. The van der Waals surface area contributed by atoms with Gasteiger partial charge in [-0.2, -0.15) is 0 Å². The normalized spacial score (nSPS) is 20.7. The molecule has 1 aliphatic heterocycles. The fourth-order valence-corrected chi connectivity index (χ4v) is 3.83. The molecule has 4 rings (SSSR count). The summed E-state index contributed by atoms with van der Waals surface area (Å²) in [6, 6.07) is 14.0. The van der Waals surface area contributed by atoms with Gasteiger partial charge in [-0.05, 0) is 30.0 Å².